The molecular formula is C16H27N5O2. The number of amides is 1. The minimum atomic E-state index is -0.411. The van der Waals surface area contributed by atoms with Crippen LogP contribution >= 0.6 is 0 Å². The number of carbonyl (C=O) groups excluding carboxylic acids is 1. The molecule has 128 valence electrons. The van der Waals surface area contributed by atoms with E-state index in [1.165, 1.54) is 19.3 Å². The number of aromatic nitrogens is 3. The van der Waals surface area contributed by atoms with Crippen molar-refractivity contribution in [3.63, 3.8) is 0 Å². The molecule has 2 saturated heterocycles. The van der Waals surface area contributed by atoms with Gasteiger partial charge in [0.15, 0.2) is 0 Å². The minimum absolute atomic E-state index is 0.189. The topological polar surface area (TPSA) is 74.5 Å². The van der Waals surface area contributed by atoms with Crippen LogP contribution in [0, 0.1) is 0 Å². The quantitative estimate of drug-likeness (QED) is 0.874. The van der Waals surface area contributed by atoms with Gasteiger partial charge in [-0.05, 0) is 38.8 Å². The Balaban J connectivity index is 1.67. The summed E-state index contributed by atoms with van der Waals surface area (Å²) < 4.78 is 2.10. The smallest absolute Gasteiger partial charge is 0.248 e. The van der Waals surface area contributed by atoms with Crippen molar-refractivity contribution < 1.29 is 9.90 Å². The molecule has 3 rings (SSSR count). The van der Waals surface area contributed by atoms with Crippen molar-refractivity contribution in [3.8, 4) is 0 Å². The van der Waals surface area contributed by atoms with Crippen molar-refractivity contribution in [1.82, 2.24) is 24.6 Å². The standard InChI is InChI=1S/C16H27N5O2/c1-19-14(11-20-7-3-2-4-8-20)17-18-16(19)13-6-5-9-21(10-13)15(23)12-22/h13,22H,2-12H2,1H3. The Bertz CT molecular complexity index is 539. The highest BCUT2D eigenvalue weighted by atomic mass is 16.3. The van der Waals surface area contributed by atoms with Crippen LogP contribution in [0.1, 0.15) is 49.7 Å². The maximum Gasteiger partial charge on any atom is 0.248 e. The van der Waals surface area contributed by atoms with Gasteiger partial charge < -0.3 is 14.6 Å². The van der Waals surface area contributed by atoms with E-state index in [1.54, 1.807) is 4.90 Å². The molecule has 1 amide bonds. The zero-order valence-electron chi connectivity index (χ0n) is 13.9. The van der Waals surface area contributed by atoms with Gasteiger partial charge in [-0.2, -0.15) is 0 Å². The summed E-state index contributed by atoms with van der Waals surface area (Å²) in [4.78, 5) is 15.9. The summed E-state index contributed by atoms with van der Waals surface area (Å²) in [5.74, 6) is 2.00. The van der Waals surface area contributed by atoms with Gasteiger partial charge in [-0.1, -0.05) is 6.42 Å². The molecule has 0 radical (unpaired) electrons. The number of hydrogen-bond donors (Lipinski definition) is 1. The van der Waals surface area contributed by atoms with Crippen LogP contribution in [-0.2, 0) is 18.4 Å². The first-order valence-electron chi connectivity index (χ1n) is 8.68. The average Bonchev–Trinajstić information content (AvgIpc) is 2.96. The Morgan fingerprint density at radius 1 is 1.17 bits per heavy atom. The molecule has 3 heterocycles. The second-order valence-electron chi connectivity index (χ2n) is 6.71. The van der Waals surface area contributed by atoms with E-state index in [-0.39, 0.29) is 11.8 Å². The maximum absolute atomic E-state index is 11.7. The zero-order chi connectivity index (χ0) is 16.2. The van der Waals surface area contributed by atoms with Crippen molar-refractivity contribution in [2.24, 2.45) is 7.05 Å². The van der Waals surface area contributed by atoms with E-state index < -0.39 is 6.61 Å². The van der Waals surface area contributed by atoms with Crippen LogP contribution in [0.4, 0.5) is 0 Å². The molecule has 0 spiro atoms. The van der Waals surface area contributed by atoms with Gasteiger partial charge in [-0.15, -0.1) is 10.2 Å². The van der Waals surface area contributed by atoms with Crippen molar-refractivity contribution in [1.29, 1.82) is 0 Å². The highest BCUT2D eigenvalue weighted by molar-refractivity contribution is 5.77. The molecule has 7 heteroatoms. The first kappa shape index (κ1) is 16.4. The number of aliphatic hydroxyl groups is 1. The Labute approximate surface area is 137 Å². The number of aliphatic hydroxyl groups excluding tert-OH is 1. The molecule has 23 heavy (non-hydrogen) atoms. The third-order valence-corrected chi connectivity index (χ3v) is 5.09. The minimum Gasteiger partial charge on any atom is -0.387 e. The molecule has 1 aromatic rings. The molecule has 1 atom stereocenters. The zero-order valence-corrected chi connectivity index (χ0v) is 13.9. The van der Waals surface area contributed by atoms with Crippen LogP contribution in [0.15, 0.2) is 0 Å². The lowest BCUT2D eigenvalue weighted by molar-refractivity contribution is -0.135. The van der Waals surface area contributed by atoms with Gasteiger partial charge in [-0.3, -0.25) is 9.69 Å². The lowest BCUT2D eigenvalue weighted by Crippen LogP contribution is -2.41. The molecule has 0 aromatic carbocycles. The largest absolute Gasteiger partial charge is 0.387 e. The molecule has 0 aliphatic carbocycles. The molecule has 0 bridgehead atoms. The lowest BCUT2D eigenvalue weighted by atomic mass is 9.97. The molecule has 7 nitrogen and oxygen atoms in total. The van der Waals surface area contributed by atoms with Crippen LogP contribution in [0.5, 0.6) is 0 Å². The van der Waals surface area contributed by atoms with Gasteiger partial charge >= 0.3 is 0 Å². The van der Waals surface area contributed by atoms with Crippen LogP contribution in [0.2, 0.25) is 0 Å². The summed E-state index contributed by atoms with van der Waals surface area (Å²) >= 11 is 0. The number of carbonyl (C=O) groups is 1. The van der Waals surface area contributed by atoms with Crippen LogP contribution in [0.3, 0.4) is 0 Å². The normalized spacial score (nSPS) is 23.2. The van der Waals surface area contributed by atoms with Crippen molar-refractivity contribution in [2.45, 2.75) is 44.6 Å². The fourth-order valence-corrected chi connectivity index (χ4v) is 3.70. The Morgan fingerprint density at radius 3 is 2.70 bits per heavy atom. The summed E-state index contributed by atoms with van der Waals surface area (Å²) in [6.07, 6.45) is 5.84. The molecule has 2 aliphatic rings. The molecule has 0 saturated carbocycles. The molecule has 1 aromatic heterocycles. The van der Waals surface area contributed by atoms with Gasteiger partial charge in [-0.25, -0.2) is 0 Å². The Hall–Kier alpha value is -1.47. The van der Waals surface area contributed by atoms with Gasteiger partial charge in [0, 0.05) is 26.1 Å². The van der Waals surface area contributed by atoms with Crippen molar-refractivity contribution in [2.75, 3.05) is 32.8 Å². The van der Waals surface area contributed by atoms with Crippen molar-refractivity contribution >= 4 is 5.91 Å². The summed E-state index contributed by atoms with van der Waals surface area (Å²) in [7, 11) is 2.03. The van der Waals surface area contributed by atoms with Gasteiger partial charge in [0.2, 0.25) is 5.91 Å². The average molecular weight is 321 g/mol. The Morgan fingerprint density at radius 2 is 1.96 bits per heavy atom. The number of likely N-dealkylation sites (tertiary alicyclic amines) is 2. The SMILES string of the molecule is Cn1c(CN2CCCCC2)nnc1C1CCCN(C(=O)CO)C1. The molecule has 2 fully saturated rings. The monoisotopic (exact) mass is 321 g/mol. The first-order chi connectivity index (χ1) is 11.2. The van der Waals surface area contributed by atoms with Crippen LogP contribution < -0.4 is 0 Å². The third-order valence-electron chi connectivity index (χ3n) is 5.09. The molecule has 2 aliphatic heterocycles. The lowest BCUT2D eigenvalue weighted by Gasteiger charge is -2.32. The van der Waals surface area contributed by atoms with E-state index in [9.17, 15) is 4.79 Å². The van der Waals surface area contributed by atoms with Gasteiger partial charge in [0.1, 0.15) is 18.3 Å². The molecule has 1 unspecified atom stereocenters. The summed E-state index contributed by atoms with van der Waals surface area (Å²) in [6.45, 7) is 4.10. The predicted octanol–water partition coefficient (Wildman–Crippen LogP) is 0.499. The van der Waals surface area contributed by atoms with Gasteiger partial charge in [0.05, 0.1) is 6.54 Å². The first-order valence-corrected chi connectivity index (χ1v) is 8.68. The number of piperidine rings is 2. The predicted molar refractivity (Wildman–Crippen MR) is 85.8 cm³/mol. The molecule has 1 N–H and O–H groups in total. The summed E-state index contributed by atoms with van der Waals surface area (Å²) in [5.41, 5.74) is 0. The van der Waals surface area contributed by atoms with E-state index in [1.807, 2.05) is 7.05 Å². The van der Waals surface area contributed by atoms with Crippen molar-refractivity contribution in [3.05, 3.63) is 11.6 Å². The van der Waals surface area contributed by atoms with E-state index in [0.29, 0.717) is 6.54 Å². The number of hydrogen-bond acceptors (Lipinski definition) is 5. The molecular weight excluding hydrogens is 294 g/mol. The maximum atomic E-state index is 11.7. The third kappa shape index (κ3) is 3.72. The van der Waals surface area contributed by atoms with E-state index in [4.69, 9.17) is 5.11 Å². The van der Waals surface area contributed by atoms with E-state index in [2.05, 4.69) is 19.7 Å². The second kappa shape index (κ2) is 7.40. The van der Waals surface area contributed by atoms with Gasteiger partial charge in [0.25, 0.3) is 0 Å². The number of nitrogens with zero attached hydrogens (tertiary/aromatic N) is 5. The highest BCUT2D eigenvalue weighted by Crippen LogP contribution is 2.26. The number of rotatable bonds is 4. The Kier molecular flexibility index (Phi) is 5.27. The second-order valence-corrected chi connectivity index (χ2v) is 6.71. The summed E-state index contributed by atoms with van der Waals surface area (Å²) in [6, 6.07) is 0. The van der Waals surface area contributed by atoms with E-state index in [0.717, 1.165) is 50.7 Å². The van der Waals surface area contributed by atoms with E-state index >= 15 is 0 Å². The summed E-state index contributed by atoms with van der Waals surface area (Å²) in [5, 5.41) is 17.9. The fourth-order valence-electron chi connectivity index (χ4n) is 3.70. The highest BCUT2D eigenvalue weighted by Gasteiger charge is 2.28. The fraction of sp³-hybridized carbons (Fsp3) is 0.812. The van der Waals surface area contributed by atoms with Crippen LogP contribution in [0.25, 0.3) is 0 Å². The van der Waals surface area contributed by atoms with Crippen LogP contribution in [-0.4, -0.2) is 68.4 Å².